The van der Waals surface area contributed by atoms with E-state index in [1.165, 1.54) is 6.07 Å². The standard InChI is InChI=1S/C19H30FN5O2.HI/c1-3-21-18(23-14-19(26-2)7-11-27-12-8-19)24-15-6-10-25(13-15)17-16(20)5-4-9-22-17;/h4-5,9,15H,3,6-8,10-14H2,1-2H3,(H2,21,23,24);1H. The summed E-state index contributed by atoms with van der Waals surface area (Å²) >= 11 is 0. The number of nitrogens with zero attached hydrogens (tertiary/aromatic N) is 3. The number of guanidine groups is 1. The third-order valence-corrected chi connectivity index (χ3v) is 5.27. The van der Waals surface area contributed by atoms with Crippen molar-refractivity contribution in [3.63, 3.8) is 0 Å². The largest absolute Gasteiger partial charge is 0.381 e. The molecule has 2 fully saturated rings. The predicted octanol–water partition coefficient (Wildman–Crippen LogP) is 2.17. The van der Waals surface area contributed by atoms with Crippen molar-refractivity contribution < 1.29 is 13.9 Å². The van der Waals surface area contributed by atoms with Crippen molar-refractivity contribution in [2.75, 3.05) is 51.4 Å². The molecule has 1 aromatic rings. The highest BCUT2D eigenvalue weighted by Gasteiger charge is 2.33. The Morgan fingerprint density at radius 1 is 1.46 bits per heavy atom. The summed E-state index contributed by atoms with van der Waals surface area (Å²) in [5.41, 5.74) is -0.251. The first-order valence-electron chi connectivity index (χ1n) is 9.69. The minimum Gasteiger partial charge on any atom is -0.381 e. The van der Waals surface area contributed by atoms with Crippen LogP contribution in [0.15, 0.2) is 23.3 Å². The molecule has 2 N–H and O–H groups in total. The van der Waals surface area contributed by atoms with Crippen molar-refractivity contribution >= 4 is 35.8 Å². The first-order chi connectivity index (χ1) is 13.2. The van der Waals surface area contributed by atoms with E-state index in [1.807, 2.05) is 11.8 Å². The fourth-order valence-electron chi connectivity index (χ4n) is 3.59. The van der Waals surface area contributed by atoms with Crippen molar-refractivity contribution in [2.24, 2.45) is 4.99 Å². The Morgan fingerprint density at radius 2 is 2.25 bits per heavy atom. The van der Waals surface area contributed by atoms with Crippen molar-refractivity contribution in [3.05, 3.63) is 24.1 Å². The Balaban J connectivity index is 0.00000280. The molecule has 158 valence electrons. The molecule has 3 rings (SSSR count). The van der Waals surface area contributed by atoms with E-state index < -0.39 is 0 Å². The zero-order valence-corrected chi connectivity index (χ0v) is 18.9. The highest BCUT2D eigenvalue weighted by atomic mass is 127. The van der Waals surface area contributed by atoms with Gasteiger partial charge in [0.1, 0.15) is 0 Å². The number of hydrogen-bond acceptors (Lipinski definition) is 5. The monoisotopic (exact) mass is 507 g/mol. The molecule has 9 heteroatoms. The van der Waals surface area contributed by atoms with Crippen LogP contribution in [0, 0.1) is 5.82 Å². The number of anilines is 1. The van der Waals surface area contributed by atoms with E-state index in [2.05, 4.69) is 15.6 Å². The highest BCUT2D eigenvalue weighted by molar-refractivity contribution is 14.0. The number of pyridine rings is 1. The van der Waals surface area contributed by atoms with Crippen LogP contribution in [0.3, 0.4) is 0 Å². The zero-order chi connectivity index (χ0) is 19.1. The second-order valence-electron chi connectivity index (χ2n) is 7.08. The quantitative estimate of drug-likeness (QED) is 0.350. The van der Waals surface area contributed by atoms with Crippen LogP contribution in [0.25, 0.3) is 0 Å². The molecular formula is C19H31FIN5O2. The van der Waals surface area contributed by atoms with Crippen molar-refractivity contribution in [1.82, 2.24) is 15.6 Å². The van der Waals surface area contributed by atoms with Crippen LogP contribution in [0.5, 0.6) is 0 Å². The van der Waals surface area contributed by atoms with E-state index in [0.29, 0.717) is 32.1 Å². The number of hydrogen-bond donors (Lipinski definition) is 2. The van der Waals surface area contributed by atoms with Crippen molar-refractivity contribution in [2.45, 2.75) is 37.8 Å². The number of nitrogens with one attached hydrogen (secondary N) is 2. The van der Waals surface area contributed by atoms with Crippen LogP contribution in [0.2, 0.25) is 0 Å². The Hall–Kier alpha value is -1.20. The van der Waals surface area contributed by atoms with Gasteiger partial charge in [0.2, 0.25) is 0 Å². The summed E-state index contributed by atoms with van der Waals surface area (Å²) in [6.45, 7) is 6.29. The molecule has 1 unspecified atom stereocenters. The molecule has 1 aromatic heterocycles. The Morgan fingerprint density at radius 3 is 2.93 bits per heavy atom. The predicted molar refractivity (Wildman–Crippen MR) is 119 cm³/mol. The maximum atomic E-state index is 14.0. The normalized spacial score (nSPS) is 21.9. The summed E-state index contributed by atoms with van der Waals surface area (Å²) in [4.78, 5) is 10.9. The maximum absolute atomic E-state index is 14.0. The summed E-state index contributed by atoms with van der Waals surface area (Å²) in [7, 11) is 1.75. The third-order valence-electron chi connectivity index (χ3n) is 5.27. The molecule has 0 radical (unpaired) electrons. The summed E-state index contributed by atoms with van der Waals surface area (Å²) in [6, 6.07) is 3.26. The van der Waals surface area contributed by atoms with Gasteiger partial charge in [-0.2, -0.15) is 0 Å². The van der Waals surface area contributed by atoms with Crippen LogP contribution < -0.4 is 15.5 Å². The van der Waals surface area contributed by atoms with Gasteiger partial charge < -0.3 is 25.0 Å². The summed E-state index contributed by atoms with van der Waals surface area (Å²) in [6.07, 6.45) is 4.23. The van der Waals surface area contributed by atoms with Crippen molar-refractivity contribution in [3.8, 4) is 0 Å². The molecule has 28 heavy (non-hydrogen) atoms. The Labute approximate surface area is 183 Å². The van der Waals surface area contributed by atoms with E-state index in [-0.39, 0.29) is 41.4 Å². The van der Waals surface area contributed by atoms with E-state index >= 15 is 0 Å². The topological polar surface area (TPSA) is 71.0 Å². The highest BCUT2D eigenvalue weighted by Crippen LogP contribution is 2.25. The second-order valence-corrected chi connectivity index (χ2v) is 7.08. The lowest BCUT2D eigenvalue weighted by Gasteiger charge is -2.34. The van der Waals surface area contributed by atoms with Gasteiger partial charge in [0.15, 0.2) is 17.6 Å². The molecule has 2 aliphatic heterocycles. The third kappa shape index (κ3) is 5.90. The lowest BCUT2D eigenvalue weighted by Crippen LogP contribution is -2.47. The number of aliphatic imine (C=N–C) groups is 1. The van der Waals surface area contributed by atoms with Gasteiger partial charge in [-0.05, 0) is 25.5 Å². The first kappa shape index (κ1) is 23.1. The van der Waals surface area contributed by atoms with Gasteiger partial charge in [-0.3, -0.25) is 4.99 Å². The fourth-order valence-corrected chi connectivity index (χ4v) is 3.59. The second kappa shape index (κ2) is 11.1. The average molecular weight is 507 g/mol. The molecule has 0 spiro atoms. The minimum absolute atomic E-state index is 0. The van der Waals surface area contributed by atoms with Gasteiger partial charge in [-0.1, -0.05) is 0 Å². The van der Waals surface area contributed by atoms with Gasteiger partial charge >= 0.3 is 0 Å². The fraction of sp³-hybridized carbons (Fsp3) is 0.684. The lowest BCUT2D eigenvalue weighted by atomic mass is 9.94. The molecule has 0 aromatic carbocycles. The SMILES string of the molecule is CCNC(=NCC1(OC)CCOCC1)NC1CCN(c2ncccc2F)C1.I. The molecular weight excluding hydrogens is 476 g/mol. The molecule has 3 heterocycles. The number of ether oxygens (including phenoxy) is 2. The summed E-state index contributed by atoms with van der Waals surface area (Å²) in [5.74, 6) is 0.915. The lowest BCUT2D eigenvalue weighted by molar-refractivity contribution is -0.0828. The Bertz CT molecular complexity index is 643. The van der Waals surface area contributed by atoms with E-state index in [0.717, 1.165) is 38.3 Å². The molecule has 2 aliphatic rings. The molecule has 2 saturated heterocycles. The van der Waals surface area contributed by atoms with E-state index in [9.17, 15) is 4.39 Å². The number of aromatic nitrogens is 1. The number of halogens is 2. The molecule has 1 atom stereocenters. The first-order valence-corrected chi connectivity index (χ1v) is 9.69. The molecule has 0 bridgehead atoms. The van der Waals surface area contributed by atoms with E-state index in [1.54, 1.807) is 19.4 Å². The summed E-state index contributed by atoms with van der Waals surface area (Å²) < 4.78 is 25.2. The van der Waals surface area contributed by atoms with Crippen LogP contribution in [-0.4, -0.2) is 69.1 Å². The number of methoxy groups -OCH3 is 1. The van der Waals surface area contributed by atoms with Gasteiger partial charge in [0.25, 0.3) is 0 Å². The van der Waals surface area contributed by atoms with Gasteiger partial charge in [0, 0.05) is 65.0 Å². The zero-order valence-electron chi connectivity index (χ0n) is 16.6. The average Bonchev–Trinajstić information content (AvgIpc) is 3.16. The van der Waals surface area contributed by atoms with Crippen molar-refractivity contribution in [1.29, 1.82) is 0 Å². The van der Waals surface area contributed by atoms with Crippen LogP contribution in [0.1, 0.15) is 26.2 Å². The number of rotatable bonds is 6. The Kier molecular flexibility index (Phi) is 9.16. The summed E-state index contributed by atoms with van der Waals surface area (Å²) in [5, 5.41) is 6.78. The van der Waals surface area contributed by atoms with Crippen LogP contribution >= 0.6 is 24.0 Å². The van der Waals surface area contributed by atoms with Gasteiger partial charge in [-0.15, -0.1) is 24.0 Å². The molecule has 7 nitrogen and oxygen atoms in total. The van der Waals surface area contributed by atoms with Gasteiger partial charge in [-0.25, -0.2) is 9.37 Å². The molecule has 0 amide bonds. The molecule has 0 aliphatic carbocycles. The minimum atomic E-state index is -0.278. The van der Waals surface area contributed by atoms with Crippen LogP contribution in [0.4, 0.5) is 10.2 Å². The molecule has 0 saturated carbocycles. The smallest absolute Gasteiger partial charge is 0.191 e. The van der Waals surface area contributed by atoms with Crippen LogP contribution in [-0.2, 0) is 9.47 Å². The van der Waals surface area contributed by atoms with E-state index in [4.69, 9.17) is 14.5 Å². The maximum Gasteiger partial charge on any atom is 0.191 e. The van der Waals surface area contributed by atoms with Gasteiger partial charge in [0.05, 0.1) is 12.1 Å².